The van der Waals surface area contributed by atoms with Gasteiger partial charge in [0.2, 0.25) is 0 Å². The number of ether oxygens (including phenoxy) is 1. The van der Waals surface area contributed by atoms with Crippen molar-refractivity contribution in [2.45, 2.75) is 12.3 Å². The van der Waals surface area contributed by atoms with Crippen LogP contribution in [0.2, 0.25) is 0 Å². The van der Waals surface area contributed by atoms with Gasteiger partial charge in [0.05, 0.1) is 24.4 Å². The van der Waals surface area contributed by atoms with Gasteiger partial charge in [-0.2, -0.15) is 13.2 Å². The molecule has 3 rings (SSSR count). The lowest BCUT2D eigenvalue weighted by Gasteiger charge is -2.14. The highest BCUT2D eigenvalue weighted by atomic mass is 19.4. The molecule has 0 spiro atoms. The van der Waals surface area contributed by atoms with E-state index in [4.69, 9.17) is 22.1 Å². The molecule has 0 aliphatic rings. The Balaban J connectivity index is 1.94. The summed E-state index contributed by atoms with van der Waals surface area (Å²) in [6, 6.07) is 9.72. The number of aromatic nitrogens is 2. The van der Waals surface area contributed by atoms with E-state index in [1.54, 1.807) is 0 Å². The highest BCUT2D eigenvalue weighted by Crippen LogP contribution is 2.40. The van der Waals surface area contributed by atoms with E-state index in [1.165, 1.54) is 30.3 Å². The molecule has 2 aromatic carbocycles. The van der Waals surface area contributed by atoms with Crippen LogP contribution in [0.1, 0.15) is 27.8 Å². The predicted molar refractivity (Wildman–Crippen MR) is 106 cm³/mol. The molecule has 1 amide bonds. The van der Waals surface area contributed by atoms with Crippen LogP contribution in [0.4, 0.5) is 18.9 Å². The maximum atomic E-state index is 13.3. The smallest absolute Gasteiger partial charge is 0.418 e. The lowest BCUT2D eigenvalue weighted by atomic mass is 10.1. The molecule has 11 heteroatoms. The number of carbonyl (C=O) groups is 1. The Bertz CT molecular complexity index is 1190. The summed E-state index contributed by atoms with van der Waals surface area (Å²) < 4.78 is 45.3. The number of nitrogens with zero attached hydrogens (tertiary/aromatic N) is 3. The monoisotopic (exact) mass is 444 g/mol. The minimum atomic E-state index is -4.72. The number of hydrogen-bond donors (Lipinski definition) is 3. The quantitative estimate of drug-likeness (QED) is 0.499. The molecule has 164 valence electrons. The standard InChI is InChI=1S/C21H15F3N4O4/c1-26-12-4-7-18(14(8-12)21(22,23)24)32-13-5-2-11(3-6-13)20-27-15(17(30)10-29)9-16(28-20)19(25)31/h2-9,17,29-30H,10H2,(H2,25,31)/t17-/m1/s1. The second-order valence-corrected chi connectivity index (χ2v) is 6.48. The van der Waals surface area contributed by atoms with Gasteiger partial charge in [-0.15, -0.1) is 0 Å². The summed E-state index contributed by atoms with van der Waals surface area (Å²) in [5.74, 6) is -1.27. The molecule has 0 aliphatic carbocycles. The zero-order valence-corrected chi connectivity index (χ0v) is 16.2. The third-order valence-electron chi connectivity index (χ3n) is 4.25. The summed E-state index contributed by atoms with van der Waals surface area (Å²) >= 11 is 0. The number of aliphatic hydroxyl groups excluding tert-OH is 2. The first-order chi connectivity index (χ1) is 15.1. The first-order valence-electron chi connectivity index (χ1n) is 8.97. The van der Waals surface area contributed by atoms with Crippen molar-refractivity contribution in [2.75, 3.05) is 6.61 Å². The van der Waals surface area contributed by atoms with Crippen molar-refractivity contribution in [3.63, 3.8) is 0 Å². The van der Waals surface area contributed by atoms with E-state index in [0.717, 1.165) is 12.1 Å². The van der Waals surface area contributed by atoms with Crippen LogP contribution in [0.15, 0.2) is 48.5 Å². The first-order valence-corrected chi connectivity index (χ1v) is 8.97. The number of primary amides is 1. The topological polar surface area (TPSA) is 123 Å². The maximum absolute atomic E-state index is 13.3. The summed E-state index contributed by atoms with van der Waals surface area (Å²) in [5, 5.41) is 19.0. The summed E-state index contributed by atoms with van der Waals surface area (Å²) in [6.45, 7) is 6.24. The number of halogens is 3. The molecule has 0 radical (unpaired) electrons. The van der Waals surface area contributed by atoms with Gasteiger partial charge in [-0.25, -0.2) is 14.8 Å². The Morgan fingerprint density at radius 2 is 1.84 bits per heavy atom. The normalized spacial score (nSPS) is 12.1. The Kier molecular flexibility index (Phi) is 6.38. The van der Waals surface area contributed by atoms with E-state index in [2.05, 4.69) is 14.8 Å². The molecule has 32 heavy (non-hydrogen) atoms. The van der Waals surface area contributed by atoms with E-state index >= 15 is 0 Å². The predicted octanol–water partition coefficient (Wildman–Crippen LogP) is 3.63. The van der Waals surface area contributed by atoms with Crippen LogP contribution in [0.3, 0.4) is 0 Å². The molecule has 1 aromatic heterocycles. The van der Waals surface area contributed by atoms with Crippen molar-refractivity contribution < 1.29 is 32.9 Å². The van der Waals surface area contributed by atoms with Crippen LogP contribution in [-0.2, 0) is 6.18 Å². The van der Waals surface area contributed by atoms with E-state index in [9.17, 15) is 23.1 Å². The number of amides is 1. The van der Waals surface area contributed by atoms with Crippen LogP contribution >= 0.6 is 0 Å². The van der Waals surface area contributed by atoms with Crippen LogP contribution in [0, 0.1) is 6.57 Å². The van der Waals surface area contributed by atoms with Gasteiger partial charge in [0.15, 0.2) is 11.5 Å². The number of aliphatic hydroxyl groups is 2. The fourth-order valence-corrected chi connectivity index (χ4v) is 2.68. The Morgan fingerprint density at radius 3 is 2.41 bits per heavy atom. The fraction of sp³-hybridized carbons (Fsp3) is 0.143. The largest absolute Gasteiger partial charge is 0.457 e. The summed E-state index contributed by atoms with van der Waals surface area (Å²) in [6.07, 6.45) is -6.08. The highest BCUT2D eigenvalue weighted by molar-refractivity contribution is 5.91. The molecule has 1 heterocycles. The SMILES string of the molecule is [C-]#[N+]c1ccc(Oc2ccc(-c3nc(C(N)=O)cc([C@H](O)CO)n3)cc2)c(C(F)(F)F)c1. The van der Waals surface area contributed by atoms with Crippen LogP contribution in [0.25, 0.3) is 16.2 Å². The van der Waals surface area contributed by atoms with Crippen LogP contribution < -0.4 is 10.5 Å². The van der Waals surface area contributed by atoms with Gasteiger partial charge in [0.1, 0.15) is 23.3 Å². The number of hydrogen-bond acceptors (Lipinski definition) is 6. The number of benzene rings is 2. The maximum Gasteiger partial charge on any atom is 0.418 e. The van der Waals surface area contributed by atoms with Gasteiger partial charge >= 0.3 is 6.18 Å². The molecule has 0 unspecified atom stereocenters. The molecule has 8 nitrogen and oxygen atoms in total. The van der Waals surface area contributed by atoms with Gasteiger partial charge in [-0.05, 0) is 42.5 Å². The van der Waals surface area contributed by atoms with E-state index in [0.29, 0.717) is 11.6 Å². The molecule has 0 bridgehead atoms. The average molecular weight is 444 g/mol. The lowest BCUT2D eigenvalue weighted by molar-refractivity contribution is -0.138. The van der Waals surface area contributed by atoms with E-state index in [1.807, 2.05) is 0 Å². The Labute approximate surface area is 179 Å². The van der Waals surface area contributed by atoms with Crippen LogP contribution in [0.5, 0.6) is 11.5 Å². The minimum absolute atomic E-state index is 0.00717. The van der Waals surface area contributed by atoms with Gasteiger partial charge in [-0.3, -0.25) is 4.79 Å². The summed E-state index contributed by atoms with van der Waals surface area (Å²) in [7, 11) is 0. The molecule has 0 saturated heterocycles. The molecular weight excluding hydrogens is 429 g/mol. The zero-order chi connectivity index (χ0) is 23.5. The third-order valence-corrected chi connectivity index (χ3v) is 4.25. The fourth-order valence-electron chi connectivity index (χ4n) is 2.68. The second-order valence-electron chi connectivity index (χ2n) is 6.48. The first kappa shape index (κ1) is 22.7. The molecule has 0 aliphatic heterocycles. The van der Waals surface area contributed by atoms with Crippen molar-refractivity contribution >= 4 is 11.6 Å². The third kappa shape index (κ3) is 5.00. The van der Waals surface area contributed by atoms with Crippen molar-refractivity contribution in [3.8, 4) is 22.9 Å². The Hall–Kier alpha value is -4.01. The van der Waals surface area contributed by atoms with Crippen LogP contribution in [-0.4, -0.2) is 32.7 Å². The van der Waals surface area contributed by atoms with Gasteiger partial charge in [0, 0.05) is 5.56 Å². The number of carbonyl (C=O) groups excluding carboxylic acids is 1. The number of rotatable bonds is 6. The lowest BCUT2D eigenvalue weighted by Crippen LogP contribution is -2.16. The van der Waals surface area contributed by atoms with Crippen molar-refractivity contribution in [2.24, 2.45) is 5.73 Å². The average Bonchev–Trinajstić information content (AvgIpc) is 2.78. The van der Waals surface area contributed by atoms with Crippen molar-refractivity contribution in [3.05, 3.63) is 76.9 Å². The number of nitrogens with two attached hydrogens (primary N) is 1. The van der Waals surface area contributed by atoms with Gasteiger partial charge < -0.3 is 20.7 Å². The minimum Gasteiger partial charge on any atom is -0.457 e. The van der Waals surface area contributed by atoms with E-state index < -0.39 is 36.1 Å². The molecule has 1 atom stereocenters. The molecule has 0 saturated carbocycles. The van der Waals surface area contributed by atoms with Gasteiger partial charge in [0.25, 0.3) is 5.91 Å². The molecule has 3 aromatic rings. The summed E-state index contributed by atoms with van der Waals surface area (Å²) in [5.41, 5.74) is 4.13. The second kappa shape index (κ2) is 9.01. The van der Waals surface area contributed by atoms with Crippen molar-refractivity contribution in [1.82, 2.24) is 9.97 Å². The van der Waals surface area contributed by atoms with E-state index in [-0.39, 0.29) is 28.6 Å². The zero-order valence-electron chi connectivity index (χ0n) is 16.2. The van der Waals surface area contributed by atoms with Crippen molar-refractivity contribution in [1.29, 1.82) is 0 Å². The highest BCUT2D eigenvalue weighted by Gasteiger charge is 2.34. The Morgan fingerprint density at radius 1 is 1.16 bits per heavy atom. The van der Waals surface area contributed by atoms with Gasteiger partial charge in [-0.1, -0.05) is 6.07 Å². The molecule has 4 N–H and O–H groups in total. The molecular formula is C21H15F3N4O4. The molecule has 0 fully saturated rings. The number of alkyl halides is 3. The summed E-state index contributed by atoms with van der Waals surface area (Å²) in [4.78, 5) is 22.6.